The van der Waals surface area contributed by atoms with Gasteiger partial charge < -0.3 is 15.0 Å². The first-order chi connectivity index (χ1) is 13.5. The number of thiazole rings is 1. The van der Waals surface area contributed by atoms with Crippen LogP contribution in [-0.4, -0.2) is 48.6 Å². The summed E-state index contributed by atoms with van der Waals surface area (Å²) in [7, 11) is 1.81. The maximum Gasteiger partial charge on any atom is 0.193 e. The van der Waals surface area contributed by atoms with Gasteiger partial charge in [-0.05, 0) is 50.8 Å². The van der Waals surface area contributed by atoms with Crippen LogP contribution in [0.2, 0.25) is 0 Å². The molecule has 1 fully saturated rings. The van der Waals surface area contributed by atoms with Crippen molar-refractivity contribution in [3.05, 3.63) is 51.7 Å². The number of benzene rings is 1. The highest BCUT2D eigenvalue weighted by atomic mass is 127. The quantitative estimate of drug-likeness (QED) is 0.257. The van der Waals surface area contributed by atoms with E-state index < -0.39 is 0 Å². The Hall–Kier alpha value is -1.26. The Bertz CT molecular complexity index is 783. The van der Waals surface area contributed by atoms with E-state index >= 15 is 0 Å². The van der Waals surface area contributed by atoms with Gasteiger partial charge in [-0.3, -0.25) is 4.99 Å². The Labute approximate surface area is 193 Å². The monoisotopic (exact) mass is 532 g/mol. The molecule has 2 unspecified atom stereocenters. The normalized spacial score (nSPS) is 19.7. The standard InChI is InChI=1S/C21H29FN4OS.HI/c1-15-14-28-20(25-15)6-4-5-11-24-21(23-3)26-12-16(2)27-19(13-26)17-7-9-18(22)10-8-17;/h7-10,14,16,19H,4-6,11-13H2,1-3H3,(H,23,24);1H. The zero-order valence-corrected chi connectivity index (χ0v) is 20.4. The molecule has 29 heavy (non-hydrogen) atoms. The molecule has 1 saturated heterocycles. The number of halogens is 2. The zero-order chi connectivity index (χ0) is 19.9. The maximum absolute atomic E-state index is 13.2. The van der Waals surface area contributed by atoms with Gasteiger partial charge >= 0.3 is 0 Å². The highest BCUT2D eigenvalue weighted by molar-refractivity contribution is 14.0. The van der Waals surface area contributed by atoms with Crippen LogP contribution in [0.15, 0.2) is 34.6 Å². The van der Waals surface area contributed by atoms with Crippen LogP contribution in [0.25, 0.3) is 0 Å². The number of aromatic nitrogens is 1. The first-order valence-corrected chi connectivity index (χ1v) is 10.7. The van der Waals surface area contributed by atoms with Gasteiger partial charge in [-0.25, -0.2) is 9.37 Å². The van der Waals surface area contributed by atoms with Crippen LogP contribution >= 0.6 is 35.3 Å². The van der Waals surface area contributed by atoms with Crippen LogP contribution in [0.4, 0.5) is 4.39 Å². The molecule has 1 aromatic heterocycles. The Morgan fingerprint density at radius 2 is 2.07 bits per heavy atom. The molecule has 8 heteroatoms. The third-order valence-corrected chi connectivity index (χ3v) is 5.81. The van der Waals surface area contributed by atoms with E-state index in [1.54, 1.807) is 23.5 Å². The van der Waals surface area contributed by atoms with Gasteiger partial charge in [0.2, 0.25) is 0 Å². The average Bonchev–Trinajstić information content (AvgIpc) is 3.10. The summed E-state index contributed by atoms with van der Waals surface area (Å²) in [5.74, 6) is 0.669. The van der Waals surface area contributed by atoms with Gasteiger partial charge in [-0.1, -0.05) is 12.1 Å². The third kappa shape index (κ3) is 7.18. The fourth-order valence-electron chi connectivity index (χ4n) is 3.44. The van der Waals surface area contributed by atoms with Crippen molar-refractivity contribution in [1.82, 2.24) is 15.2 Å². The zero-order valence-electron chi connectivity index (χ0n) is 17.2. The van der Waals surface area contributed by atoms with Gasteiger partial charge in [0, 0.05) is 31.2 Å². The van der Waals surface area contributed by atoms with Crippen molar-refractivity contribution in [1.29, 1.82) is 0 Å². The number of unbranched alkanes of at least 4 members (excludes halogenated alkanes) is 1. The van der Waals surface area contributed by atoms with Crippen LogP contribution in [0.5, 0.6) is 0 Å². The van der Waals surface area contributed by atoms with E-state index in [2.05, 4.69) is 32.5 Å². The Kier molecular flexibility index (Phi) is 9.78. The lowest BCUT2D eigenvalue weighted by molar-refractivity contribution is -0.0605. The van der Waals surface area contributed by atoms with Gasteiger partial charge in [0.25, 0.3) is 0 Å². The van der Waals surface area contributed by atoms with E-state index in [-0.39, 0.29) is 42.0 Å². The topological polar surface area (TPSA) is 49.8 Å². The summed E-state index contributed by atoms with van der Waals surface area (Å²) in [5.41, 5.74) is 2.10. The molecule has 1 aliphatic rings. The van der Waals surface area contributed by atoms with Crippen molar-refractivity contribution in [3.8, 4) is 0 Å². The van der Waals surface area contributed by atoms with Crippen molar-refractivity contribution in [3.63, 3.8) is 0 Å². The van der Waals surface area contributed by atoms with Crippen LogP contribution in [0.3, 0.4) is 0 Å². The molecule has 2 atom stereocenters. The van der Waals surface area contributed by atoms with E-state index in [1.807, 2.05) is 14.0 Å². The number of nitrogens with zero attached hydrogens (tertiary/aromatic N) is 3. The second-order valence-corrected chi connectivity index (χ2v) is 8.15. The molecule has 0 spiro atoms. The number of morpholine rings is 1. The van der Waals surface area contributed by atoms with Gasteiger partial charge in [0.05, 0.1) is 17.7 Å². The van der Waals surface area contributed by atoms with Gasteiger partial charge in [-0.2, -0.15) is 0 Å². The number of nitrogens with one attached hydrogen (secondary N) is 1. The first-order valence-electron chi connectivity index (χ1n) is 9.82. The van der Waals surface area contributed by atoms with Crippen molar-refractivity contribution in [2.45, 2.75) is 45.3 Å². The molecule has 1 aliphatic heterocycles. The SMILES string of the molecule is CN=C(NCCCCc1nc(C)cs1)N1CC(C)OC(c2ccc(F)cc2)C1.I. The number of rotatable bonds is 6. The number of hydrogen-bond acceptors (Lipinski definition) is 4. The van der Waals surface area contributed by atoms with Crippen molar-refractivity contribution in [2.75, 3.05) is 26.7 Å². The fraction of sp³-hybridized carbons (Fsp3) is 0.524. The largest absolute Gasteiger partial charge is 0.367 e. The number of hydrogen-bond donors (Lipinski definition) is 1. The lowest BCUT2D eigenvalue weighted by Crippen LogP contribution is -2.50. The van der Waals surface area contributed by atoms with Crippen LogP contribution < -0.4 is 5.32 Å². The van der Waals surface area contributed by atoms with Gasteiger partial charge in [0.1, 0.15) is 11.9 Å². The average molecular weight is 532 g/mol. The van der Waals surface area contributed by atoms with Crippen LogP contribution in [0, 0.1) is 12.7 Å². The molecule has 1 N–H and O–H groups in total. The second-order valence-electron chi connectivity index (χ2n) is 7.21. The molecular weight excluding hydrogens is 502 g/mol. The van der Waals surface area contributed by atoms with Gasteiger partial charge in [-0.15, -0.1) is 35.3 Å². The van der Waals surface area contributed by atoms with Crippen LogP contribution in [0.1, 0.15) is 42.1 Å². The summed E-state index contributed by atoms with van der Waals surface area (Å²) in [6.07, 6.45) is 3.19. The van der Waals surface area contributed by atoms with E-state index in [0.29, 0.717) is 6.54 Å². The molecule has 5 nitrogen and oxygen atoms in total. The van der Waals surface area contributed by atoms with E-state index in [9.17, 15) is 4.39 Å². The summed E-state index contributed by atoms with van der Waals surface area (Å²) in [5, 5.41) is 6.79. The van der Waals surface area contributed by atoms with Crippen molar-refractivity contribution in [2.24, 2.45) is 4.99 Å². The summed E-state index contributed by atoms with van der Waals surface area (Å²) in [4.78, 5) is 11.2. The van der Waals surface area contributed by atoms with Crippen molar-refractivity contribution < 1.29 is 9.13 Å². The molecule has 3 rings (SSSR count). The molecule has 0 aliphatic carbocycles. The molecule has 1 aromatic carbocycles. The predicted molar refractivity (Wildman–Crippen MR) is 128 cm³/mol. The molecular formula is C21H30FIN4OS. The Morgan fingerprint density at radius 1 is 1.31 bits per heavy atom. The third-order valence-electron chi connectivity index (χ3n) is 4.78. The van der Waals surface area contributed by atoms with Crippen LogP contribution in [-0.2, 0) is 11.2 Å². The predicted octanol–water partition coefficient (Wildman–Crippen LogP) is 4.57. The molecule has 2 heterocycles. The number of aryl methyl sites for hydroxylation is 2. The summed E-state index contributed by atoms with van der Waals surface area (Å²) < 4.78 is 19.3. The fourth-order valence-corrected chi connectivity index (χ4v) is 4.26. The first kappa shape index (κ1) is 24.0. The lowest BCUT2D eigenvalue weighted by atomic mass is 10.1. The molecule has 0 radical (unpaired) electrons. The molecule has 2 aromatic rings. The van der Waals surface area contributed by atoms with Crippen molar-refractivity contribution >= 4 is 41.3 Å². The van der Waals surface area contributed by atoms with E-state index in [4.69, 9.17) is 4.74 Å². The van der Waals surface area contributed by atoms with Gasteiger partial charge in [0.15, 0.2) is 5.96 Å². The van der Waals surface area contributed by atoms with E-state index in [0.717, 1.165) is 49.6 Å². The van der Waals surface area contributed by atoms with E-state index in [1.165, 1.54) is 17.1 Å². The maximum atomic E-state index is 13.2. The number of guanidine groups is 1. The highest BCUT2D eigenvalue weighted by Gasteiger charge is 2.28. The lowest BCUT2D eigenvalue weighted by Gasteiger charge is -2.38. The summed E-state index contributed by atoms with van der Waals surface area (Å²) in [6.45, 7) is 6.47. The minimum atomic E-state index is -0.227. The number of ether oxygens (including phenoxy) is 1. The minimum absolute atomic E-state index is 0. The second kappa shape index (κ2) is 11.8. The number of aliphatic imine (C=N–C) groups is 1. The highest BCUT2D eigenvalue weighted by Crippen LogP contribution is 2.25. The summed E-state index contributed by atoms with van der Waals surface area (Å²) >= 11 is 1.74. The summed E-state index contributed by atoms with van der Waals surface area (Å²) in [6, 6.07) is 6.57. The smallest absolute Gasteiger partial charge is 0.193 e. The molecule has 0 bridgehead atoms. The minimum Gasteiger partial charge on any atom is -0.367 e. The molecule has 0 amide bonds. The molecule has 0 saturated carbocycles. The molecule has 160 valence electrons. The Morgan fingerprint density at radius 3 is 2.72 bits per heavy atom. The Balaban J connectivity index is 0.00000300.